The number of carbonyl (C=O) groups excluding carboxylic acids is 1. The molecule has 0 heterocycles. The molecule has 0 N–H and O–H groups in total. The van der Waals surface area contributed by atoms with Crippen molar-refractivity contribution >= 4 is 5.91 Å². The molecule has 1 rings (SSSR count). The molecule has 136 valence electrons. The smallest absolute Gasteiger partial charge is 0.273 e. The van der Waals surface area contributed by atoms with E-state index in [1.165, 1.54) is 17.0 Å². The number of hydrogen-bond acceptors (Lipinski definition) is 2. The molecule has 5 heteroatoms. The fourth-order valence-electron chi connectivity index (χ4n) is 2.47. The van der Waals surface area contributed by atoms with E-state index in [-0.39, 0.29) is 24.3 Å². The van der Waals surface area contributed by atoms with E-state index in [1.807, 2.05) is 6.92 Å². The van der Waals surface area contributed by atoms with Gasteiger partial charge in [-0.15, -0.1) is 0 Å². The highest BCUT2D eigenvalue weighted by Gasteiger charge is 2.37. The van der Waals surface area contributed by atoms with E-state index < -0.39 is 11.3 Å². The molecule has 0 radical (unpaired) electrons. The number of alkyl halides is 2. The second-order valence-electron chi connectivity index (χ2n) is 7.02. The van der Waals surface area contributed by atoms with Crippen LogP contribution in [0.1, 0.15) is 52.0 Å². The standard InChI is InChI=1S/C19H29F2NO2/c1-6-7-13-24-16-10-8-9-15(14-16)19(20,21)12-11-18(2,3)17(23)22(4)5/h8-10,14H,6-7,11-13H2,1-5H3. The number of benzene rings is 1. The molecule has 0 fully saturated rings. The van der Waals surface area contributed by atoms with Crippen LogP contribution in [0.3, 0.4) is 0 Å². The summed E-state index contributed by atoms with van der Waals surface area (Å²) in [5.74, 6) is -2.67. The highest BCUT2D eigenvalue weighted by Crippen LogP contribution is 2.38. The third-order valence-electron chi connectivity index (χ3n) is 4.07. The Morgan fingerprint density at radius 1 is 1.21 bits per heavy atom. The molecule has 3 nitrogen and oxygen atoms in total. The minimum absolute atomic E-state index is 0.0652. The van der Waals surface area contributed by atoms with Gasteiger partial charge in [0.2, 0.25) is 5.91 Å². The molecule has 0 bridgehead atoms. The number of halogens is 2. The Morgan fingerprint density at radius 3 is 2.46 bits per heavy atom. The molecule has 0 aromatic heterocycles. The van der Waals surface area contributed by atoms with Gasteiger partial charge in [0.1, 0.15) is 5.75 Å². The summed E-state index contributed by atoms with van der Waals surface area (Å²) in [6.45, 7) is 5.98. The summed E-state index contributed by atoms with van der Waals surface area (Å²) >= 11 is 0. The van der Waals surface area contributed by atoms with E-state index in [0.717, 1.165) is 12.8 Å². The molecule has 0 saturated carbocycles. The van der Waals surface area contributed by atoms with E-state index in [0.29, 0.717) is 12.4 Å². The minimum Gasteiger partial charge on any atom is -0.494 e. The highest BCUT2D eigenvalue weighted by molar-refractivity contribution is 5.81. The molecular weight excluding hydrogens is 312 g/mol. The maximum Gasteiger partial charge on any atom is 0.273 e. The van der Waals surface area contributed by atoms with Gasteiger partial charge in [-0.05, 0) is 25.0 Å². The van der Waals surface area contributed by atoms with Gasteiger partial charge in [0.25, 0.3) is 5.92 Å². The molecule has 24 heavy (non-hydrogen) atoms. The fraction of sp³-hybridized carbons (Fsp3) is 0.632. The molecule has 0 aliphatic carbocycles. The van der Waals surface area contributed by atoms with E-state index in [4.69, 9.17) is 4.74 Å². The van der Waals surface area contributed by atoms with Gasteiger partial charge in [-0.25, -0.2) is 8.78 Å². The first kappa shape index (κ1) is 20.4. The van der Waals surface area contributed by atoms with E-state index >= 15 is 0 Å². The molecule has 0 aliphatic heterocycles. The van der Waals surface area contributed by atoms with Crippen molar-refractivity contribution in [2.45, 2.75) is 52.4 Å². The Hall–Kier alpha value is -1.65. The number of nitrogens with zero attached hydrogens (tertiary/aromatic N) is 1. The first-order chi connectivity index (χ1) is 11.1. The van der Waals surface area contributed by atoms with Crippen LogP contribution in [0.2, 0.25) is 0 Å². The number of carbonyl (C=O) groups is 1. The van der Waals surface area contributed by atoms with Gasteiger partial charge in [0, 0.05) is 31.5 Å². The van der Waals surface area contributed by atoms with E-state index in [9.17, 15) is 13.6 Å². The maximum atomic E-state index is 14.5. The summed E-state index contributed by atoms with van der Waals surface area (Å²) in [6.07, 6.45) is 1.61. The average molecular weight is 341 g/mol. The third kappa shape index (κ3) is 5.77. The molecule has 0 spiro atoms. The molecule has 0 aliphatic rings. The van der Waals surface area contributed by atoms with Crippen LogP contribution >= 0.6 is 0 Å². The number of unbranched alkanes of at least 4 members (excludes halogenated alkanes) is 1. The van der Waals surface area contributed by atoms with Crippen molar-refractivity contribution in [3.8, 4) is 5.75 Å². The molecule has 1 aromatic carbocycles. The number of amides is 1. The first-order valence-electron chi connectivity index (χ1n) is 8.43. The average Bonchev–Trinajstić information content (AvgIpc) is 2.53. The zero-order valence-corrected chi connectivity index (χ0v) is 15.4. The zero-order valence-electron chi connectivity index (χ0n) is 15.4. The van der Waals surface area contributed by atoms with Gasteiger partial charge in [0.05, 0.1) is 6.61 Å². The first-order valence-corrected chi connectivity index (χ1v) is 8.43. The SMILES string of the molecule is CCCCOc1cccc(C(F)(F)CCC(C)(C)C(=O)N(C)C)c1. The second-order valence-corrected chi connectivity index (χ2v) is 7.02. The third-order valence-corrected chi connectivity index (χ3v) is 4.07. The van der Waals surface area contributed by atoms with Gasteiger partial charge in [0.15, 0.2) is 0 Å². The van der Waals surface area contributed by atoms with Crippen molar-refractivity contribution in [1.29, 1.82) is 0 Å². The van der Waals surface area contributed by atoms with Crippen LogP contribution in [0.4, 0.5) is 8.78 Å². The van der Waals surface area contributed by atoms with E-state index in [1.54, 1.807) is 40.1 Å². The molecule has 0 saturated heterocycles. The zero-order chi connectivity index (χ0) is 18.4. The summed E-state index contributed by atoms with van der Waals surface area (Å²) in [5.41, 5.74) is -0.882. The second kappa shape index (κ2) is 8.45. The van der Waals surface area contributed by atoms with Crippen LogP contribution in [-0.4, -0.2) is 31.5 Å². The highest BCUT2D eigenvalue weighted by atomic mass is 19.3. The summed E-state index contributed by atoms with van der Waals surface area (Å²) in [7, 11) is 3.28. The lowest BCUT2D eigenvalue weighted by Gasteiger charge is -2.29. The van der Waals surface area contributed by atoms with Crippen LogP contribution in [-0.2, 0) is 10.7 Å². The van der Waals surface area contributed by atoms with Crippen molar-refractivity contribution in [3.63, 3.8) is 0 Å². The molecule has 1 amide bonds. The Bertz CT molecular complexity index is 542. The van der Waals surface area contributed by atoms with Gasteiger partial charge in [-0.2, -0.15) is 0 Å². The monoisotopic (exact) mass is 341 g/mol. The molecular formula is C19H29F2NO2. The quantitative estimate of drug-likeness (QED) is 0.601. The lowest BCUT2D eigenvalue weighted by atomic mass is 9.84. The van der Waals surface area contributed by atoms with Crippen LogP contribution in [0.25, 0.3) is 0 Å². The van der Waals surface area contributed by atoms with Gasteiger partial charge >= 0.3 is 0 Å². The summed E-state index contributed by atoms with van der Waals surface area (Å²) in [6, 6.07) is 6.08. The van der Waals surface area contributed by atoms with Gasteiger partial charge in [-0.3, -0.25) is 4.79 Å². The molecule has 1 aromatic rings. The lowest BCUT2D eigenvalue weighted by molar-refractivity contribution is -0.139. The maximum absolute atomic E-state index is 14.5. The van der Waals surface area contributed by atoms with Crippen LogP contribution in [0.5, 0.6) is 5.75 Å². The van der Waals surface area contributed by atoms with Gasteiger partial charge < -0.3 is 9.64 Å². The van der Waals surface area contributed by atoms with Crippen molar-refractivity contribution < 1.29 is 18.3 Å². The van der Waals surface area contributed by atoms with Crippen molar-refractivity contribution in [2.24, 2.45) is 5.41 Å². The molecule has 0 unspecified atom stereocenters. The molecule has 0 atom stereocenters. The minimum atomic E-state index is -2.99. The van der Waals surface area contributed by atoms with Crippen LogP contribution in [0, 0.1) is 5.41 Å². The van der Waals surface area contributed by atoms with Crippen LogP contribution in [0.15, 0.2) is 24.3 Å². The predicted octanol–water partition coefficient (Wildman–Crippen LogP) is 4.85. The fourth-order valence-corrected chi connectivity index (χ4v) is 2.47. The summed E-state index contributed by atoms with van der Waals surface area (Å²) < 4.78 is 34.6. The Morgan fingerprint density at radius 2 is 1.88 bits per heavy atom. The normalized spacial score (nSPS) is 12.1. The Labute approximate surface area is 144 Å². The number of ether oxygens (including phenoxy) is 1. The van der Waals surface area contributed by atoms with E-state index in [2.05, 4.69) is 0 Å². The predicted molar refractivity (Wildman–Crippen MR) is 92.4 cm³/mol. The summed E-state index contributed by atoms with van der Waals surface area (Å²) in [5, 5.41) is 0. The van der Waals surface area contributed by atoms with Gasteiger partial charge in [-0.1, -0.05) is 39.3 Å². The van der Waals surface area contributed by atoms with Crippen molar-refractivity contribution in [2.75, 3.05) is 20.7 Å². The van der Waals surface area contributed by atoms with Crippen molar-refractivity contribution in [1.82, 2.24) is 4.90 Å². The summed E-state index contributed by atoms with van der Waals surface area (Å²) in [4.78, 5) is 13.5. The number of rotatable bonds is 9. The number of hydrogen-bond donors (Lipinski definition) is 0. The largest absolute Gasteiger partial charge is 0.494 e. The Kier molecular flexibility index (Phi) is 7.18. The topological polar surface area (TPSA) is 29.5 Å². The van der Waals surface area contributed by atoms with Crippen molar-refractivity contribution in [3.05, 3.63) is 29.8 Å². The Balaban J connectivity index is 2.77. The lowest BCUT2D eigenvalue weighted by Crippen LogP contribution is -2.36. The van der Waals surface area contributed by atoms with Crippen LogP contribution < -0.4 is 4.74 Å².